The van der Waals surface area contributed by atoms with Crippen LogP contribution in [0.4, 0.5) is 0 Å². The summed E-state index contributed by atoms with van der Waals surface area (Å²) in [6.45, 7) is 3.72. The minimum absolute atomic E-state index is 0.0158. The van der Waals surface area contributed by atoms with Crippen molar-refractivity contribution in [3.05, 3.63) is 35.9 Å². The molecule has 1 saturated heterocycles. The Morgan fingerprint density at radius 1 is 0.611 bits per heavy atom. The maximum absolute atomic E-state index is 14.9. The van der Waals surface area contributed by atoms with Gasteiger partial charge in [0, 0.05) is 31.0 Å². The van der Waals surface area contributed by atoms with Crippen molar-refractivity contribution < 1.29 is 82.8 Å². The summed E-state index contributed by atoms with van der Waals surface area (Å²) < 4.78 is 0. The highest BCUT2D eigenvalue weighted by Gasteiger charge is 2.38. The number of aliphatic hydroxyl groups excluding tert-OH is 2. The highest BCUT2D eigenvalue weighted by atomic mass is 33.1. The summed E-state index contributed by atoms with van der Waals surface area (Å²) in [6.07, 6.45) is -0.631. The summed E-state index contributed by atoms with van der Waals surface area (Å²) in [4.78, 5) is 188. The van der Waals surface area contributed by atoms with Crippen LogP contribution in [0.1, 0.15) is 97.5 Å². The second-order valence-electron chi connectivity index (χ2n) is 22.4. The Labute approximate surface area is 557 Å². The van der Waals surface area contributed by atoms with Gasteiger partial charge in [-0.2, -0.15) is 0 Å². The summed E-state index contributed by atoms with van der Waals surface area (Å²) in [6, 6.07) is -9.52. The van der Waals surface area contributed by atoms with E-state index in [9.17, 15) is 82.8 Å². The SMILES string of the molecule is CC[C@H](C)[C@@H]1NC(=O)[C@H](CCCN=C(N)N)NC(=O)CNC(=O)[C@@H](NC(=O)[C@H](CO)NC(=O)[C@@H](N)CO)CSSCC(C(=O)N[C@@H](Cc2ccccc2)C(=O)N[C@@H](CCCCN)C(=O)O)NC(=O)[C@H]([C@@H](C)CC)NC(=O)[C@H](CCCN=C(N)N)NC(=O)C(CC(=O)O)NC1=O. The van der Waals surface area contributed by atoms with Crippen LogP contribution in [-0.4, -0.2) is 227 Å². The molecule has 2 rings (SSSR count). The number of guanidine groups is 2. The third-order valence-corrected chi connectivity index (χ3v) is 17.3. The van der Waals surface area contributed by atoms with Crippen molar-refractivity contribution in [2.24, 2.45) is 56.2 Å². The van der Waals surface area contributed by atoms with E-state index < -0.39 is 193 Å². The third kappa shape index (κ3) is 31.0. The number of carboxylic acid groups (broad SMARTS) is 2. The van der Waals surface area contributed by atoms with Crippen LogP contribution in [-0.2, 0) is 68.7 Å². The number of nitrogens with zero attached hydrogens (tertiary/aromatic N) is 2. The molecule has 1 aromatic carbocycles. The topological polar surface area (TPSA) is 616 Å². The molecule has 27 N–H and O–H groups in total. The van der Waals surface area contributed by atoms with Gasteiger partial charge in [0.15, 0.2) is 11.9 Å². The molecule has 532 valence electrons. The minimum atomic E-state index is -1.94. The van der Waals surface area contributed by atoms with Gasteiger partial charge in [-0.15, -0.1) is 0 Å². The van der Waals surface area contributed by atoms with Crippen LogP contribution in [0.15, 0.2) is 40.3 Å². The van der Waals surface area contributed by atoms with Gasteiger partial charge in [0.1, 0.15) is 66.5 Å². The first kappa shape index (κ1) is 82.5. The maximum atomic E-state index is 14.9. The molecule has 0 aliphatic carbocycles. The monoisotopic (exact) mass is 1380 g/mol. The molecule has 0 bridgehead atoms. The molecule has 38 heteroatoms. The Kier molecular flexibility index (Phi) is 38.3. The zero-order valence-corrected chi connectivity index (χ0v) is 55.2. The van der Waals surface area contributed by atoms with Crippen molar-refractivity contribution in [3.63, 3.8) is 0 Å². The van der Waals surface area contributed by atoms with Crippen LogP contribution in [0.3, 0.4) is 0 Å². The Morgan fingerprint density at radius 2 is 1.14 bits per heavy atom. The number of hydrogen-bond acceptors (Lipinski definition) is 21. The molecule has 1 aliphatic rings. The molecule has 36 nitrogen and oxygen atoms in total. The highest BCUT2D eigenvalue weighted by molar-refractivity contribution is 8.76. The molecule has 0 radical (unpaired) electrons. The van der Waals surface area contributed by atoms with E-state index in [1.54, 1.807) is 58.0 Å². The predicted molar refractivity (Wildman–Crippen MR) is 351 cm³/mol. The number of aliphatic hydroxyl groups is 2. The largest absolute Gasteiger partial charge is 0.481 e. The fourth-order valence-corrected chi connectivity index (χ4v) is 11.3. The standard InChI is InChI=1S/C57H95N19O17S2/c1-5-29(3)43-53(90)71-37(23-42(80)81)50(87)68-34(18-13-21-65-57(62)63)48(85)76-44(30(4)6-2)54(91)74-40(52(89)70-36(22-31-14-8-7-9-15-31)49(86)69-35(55(92)93)16-10-11-19-58)28-95-94-27-39(73-51(88)38(26-78)72-45(82)32(59)25-77)46(83)66-24-41(79)67-33(47(84)75-43)17-12-20-64-56(60)61/h7-9,14-15,29-30,32-40,43-44,77-78H,5-6,10-13,16-28,58-59H2,1-4H3,(H,66,83)(H,67,79)(H,68,87)(H,69,86)(H,70,89)(H,71,90)(H,72,82)(H,73,88)(H,74,91)(H,75,84)(H,76,85)(H,80,81)(H,92,93)(H4,60,61,64)(H4,62,63,65)/t29-,30-,32-,33-,34-,35-,36-,37?,38-,39-,40?,43-,44-/m0/s1. The average Bonchev–Trinajstić information content (AvgIpc) is 0.930. The first-order chi connectivity index (χ1) is 45.0. The van der Waals surface area contributed by atoms with E-state index in [2.05, 4.69) is 68.5 Å². The number of carbonyl (C=O) groups is 13. The zero-order chi connectivity index (χ0) is 71.3. The van der Waals surface area contributed by atoms with Crippen LogP contribution in [0, 0.1) is 11.8 Å². The molecule has 0 aromatic heterocycles. The summed E-state index contributed by atoms with van der Waals surface area (Å²) in [5, 5.41) is 66.8. The fraction of sp³-hybridized carbons (Fsp3) is 0.632. The number of nitrogens with one attached hydrogen (secondary N) is 11. The van der Waals surface area contributed by atoms with Crippen molar-refractivity contribution in [1.29, 1.82) is 0 Å². The molecule has 0 saturated carbocycles. The molecule has 2 unspecified atom stereocenters. The average molecular weight is 1380 g/mol. The summed E-state index contributed by atoms with van der Waals surface area (Å²) in [7, 11) is 1.60. The Morgan fingerprint density at radius 3 is 1.65 bits per heavy atom. The molecule has 0 spiro atoms. The van der Waals surface area contributed by atoms with Gasteiger partial charge in [-0.1, -0.05) is 92.5 Å². The van der Waals surface area contributed by atoms with Crippen LogP contribution >= 0.6 is 21.6 Å². The van der Waals surface area contributed by atoms with Gasteiger partial charge >= 0.3 is 11.9 Å². The number of aliphatic imine (C=N–C) groups is 2. The van der Waals surface area contributed by atoms with Crippen LogP contribution in [0.2, 0.25) is 0 Å². The number of carbonyl (C=O) groups excluding carboxylic acids is 11. The molecule has 1 aromatic rings. The number of rotatable bonds is 31. The lowest BCUT2D eigenvalue weighted by atomic mass is 9.96. The van der Waals surface area contributed by atoms with Gasteiger partial charge in [0.05, 0.1) is 26.2 Å². The lowest BCUT2D eigenvalue weighted by molar-refractivity contribution is -0.142. The molecule has 1 fully saturated rings. The highest BCUT2D eigenvalue weighted by Crippen LogP contribution is 2.24. The van der Waals surface area contributed by atoms with Crippen LogP contribution < -0.4 is 92.9 Å². The smallest absolute Gasteiger partial charge is 0.326 e. The summed E-state index contributed by atoms with van der Waals surface area (Å²) in [5.74, 6) is -17.6. The minimum Gasteiger partial charge on any atom is -0.481 e. The van der Waals surface area contributed by atoms with Crippen LogP contribution in [0.5, 0.6) is 0 Å². The van der Waals surface area contributed by atoms with Crippen molar-refractivity contribution in [2.75, 3.05) is 50.9 Å². The second-order valence-corrected chi connectivity index (χ2v) is 24.9. The van der Waals surface area contributed by atoms with Crippen molar-refractivity contribution in [1.82, 2.24) is 58.5 Å². The van der Waals surface area contributed by atoms with Crippen molar-refractivity contribution >= 4 is 110 Å². The number of hydrogen-bond donors (Lipinski definition) is 21. The number of carboxylic acids is 2. The zero-order valence-electron chi connectivity index (χ0n) is 53.6. The first-order valence-electron chi connectivity index (χ1n) is 30.8. The quantitative estimate of drug-likeness (QED) is 0.0142. The predicted octanol–water partition coefficient (Wildman–Crippen LogP) is -7.21. The van der Waals surface area contributed by atoms with Gasteiger partial charge in [-0.25, -0.2) is 4.79 Å². The normalized spacial score (nSPS) is 21.8. The summed E-state index contributed by atoms with van der Waals surface area (Å²) >= 11 is 0. The fourth-order valence-electron chi connectivity index (χ4n) is 8.95. The van der Waals surface area contributed by atoms with Crippen molar-refractivity contribution in [2.45, 2.75) is 165 Å². The third-order valence-electron chi connectivity index (χ3n) is 14.8. The van der Waals surface area contributed by atoms with E-state index in [-0.39, 0.29) is 82.9 Å². The van der Waals surface area contributed by atoms with Crippen LogP contribution in [0.25, 0.3) is 0 Å². The van der Waals surface area contributed by atoms with Gasteiger partial charge in [-0.05, 0) is 68.9 Å². The number of amides is 11. The molecule has 1 aliphatic heterocycles. The molecule has 13 atom stereocenters. The number of nitrogens with two attached hydrogens (primary N) is 6. The molecule has 11 amide bonds. The number of unbranched alkanes of at least 4 members (excludes halogenated alkanes) is 1. The van der Waals surface area contributed by atoms with E-state index >= 15 is 0 Å². The number of benzene rings is 1. The van der Waals surface area contributed by atoms with Gasteiger partial charge in [-0.3, -0.25) is 67.5 Å². The lowest BCUT2D eigenvalue weighted by Gasteiger charge is -2.30. The molecular weight excluding hydrogens is 1290 g/mol. The van der Waals surface area contributed by atoms with Crippen molar-refractivity contribution in [3.8, 4) is 0 Å². The van der Waals surface area contributed by atoms with Gasteiger partial charge in [0.2, 0.25) is 65.0 Å². The second kappa shape index (κ2) is 44.1. The van der Waals surface area contributed by atoms with E-state index in [4.69, 9.17) is 34.4 Å². The lowest BCUT2D eigenvalue weighted by Crippen LogP contribution is -2.62. The maximum Gasteiger partial charge on any atom is 0.326 e. The van der Waals surface area contributed by atoms with Gasteiger partial charge < -0.3 is 113 Å². The van der Waals surface area contributed by atoms with E-state index in [1.165, 1.54) is 0 Å². The Hall–Kier alpha value is -8.59. The first-order valence-corrected chi connectivity index (χ1v) is 33.3. The summed E-state index contributed by atoms with van der Waals surface area (Å²) in [5.41, 5.74) is 33.8. The molecule has 1 heterocycles. The van der Waals surface area contributed by atoms with Gasteiger partial charge in [0.25, 0.3) is 0 Å². The van der Waals surface area contributed by atoms with E-state index in [1.807, 2.05) is 0 Å². The molecular formula is C57H95N19O17S2. The van der Waals surface area contributed by atoms with E-state index in [0.717, 1.165) is 21.6 Å². The Balaban J connectivity index is 2.99. The van der Waals surface area contributed by atoms with E-state index in [0.29, 0.717) is 18.4 Å². The molecule has 95 heavy (non-hydrogen) atoms. The Bertz CT molecular complexity index is 2800. The number of aliphatic carboxylic acids is 2.